The molecule has 11 heavy (non-hydrogen) atoms. The van der Waals surface area contributed by atoms with Gasteiger partial charge in [-0.15, -0.1) is 5.69 Å². The molecule has 0 saturated heterocycles. The van der Waals surface area contributed by atoms with Crippen molar-refractivity contribution in [1.29, 1.82) is 0 Å². The zero-order chi connectivity index (χ0) is 6.97. The number of hydrogen-bond acceptors (Lipinski definition) is 2. The summed E-state index contributed by atoms with van der Waals surface area (Å²) >= 11 is 0. The van der Waals surface area contributed by atoms with Crippen molar-refractivity contribution in [3.63, 3.8) is 0 Å². The fraction of sp³-hybridized carbons (Fsp3) is 0.143. The third-order valence-corrected chi connectivity index (χ3v) is 1.37. The Hall–Kier alpha value is 0.0616. The molecule has 2 rings (SSSR count). The van der Waals surface area contributed by atoms with E-state index in [0.717, 1.165) is 5.75 Å². The fourth-order valence-corrected chi connectivity index (χ4v) is 0.897. The molecule has 3 nitrogen and oxygen atoms in total. The number of hydrogen-bond donors (Lipinski definition) is 0. The van der Waals surface area contributed by atoms with Gasteiger partial charge in [0, 0.05) is 44.1 Å². The molecule has 0 atom stereocenters. The van der Waals surface area contributed by atoms with Crippen LogP contribution in [0.4, 0.5) is 5.69 Å². The maximum atomic E-state index is 7.23. The quantitative estimate of drug-likeness (QED) is 0.709. The van der Waals surface area contributed by atoms with E-state index in [4.69, 9.17) is 15.2 Å². The molecule has 0 unspecified atom stereocenters. The van der Waals surface area contributed by atoms with Crippen LogP contribution in [-0.2, 0) is 0 Å². The van der Waals surface area contributed by atoms with Gasteiger partial charge < -0.3 is 15.2 Å². The monoisotopic (exact) mass is 363 g/mol. The summed E-state index contributed by atoms with van der Waals surface area (Å²) in [7, 11) is 0. The predicted molar refractivity (Wildman–Crippen MR) is 36.5 cm³/mol. The molecule has 4 heteroatoms. The summed E-state index contributed by atoms with van der Waals surface area (Å²) in [6.07, 6.45) is 0. The Morgan fingerprint density at radius 3 is 2.73 bits per heavy atom. The summed E-state index contributed by atoms with van der Waals surface area (Å²) in [6.45, 7) is 0.277. The molecule has 0 saturated carbocycles. The van der Waals surface area contributed by atoms with Crippen molar-refractivity contribution in [2.75, 3.05) is 6.79 Å². The van der Waals surface area contributed by atoms with Crippen molar-refractivity contribution in [2.45, 2.75) is 0 Å². The molecule has 1 N–H and O–H groups in total. The van der Waals surface area contributed by atoms with E-state index < -0.39 is 0 Å². The van der Waals surface area contributed by atoms with Crippen molar-refractivity contribution >= 4 is 5.69 Å². The van der Waals surface area contributed by atoms with Gasteiger partial charge in [0.2, 0.25) is 6.79 Å². The van der Waals surface area contributed by atoms with Crippen LogP contribution in [-0.4, -0.2) is 6.79 Å². The predicted octanol–water partition coefficient (Wildman–Crippen LogP) is 2.10. The number of fused-ring (bicyclic) bond motifs is 1. The van der Waals surface area contributed by atoms with E-state index in [2.05, 4.69) is 0 Å². The van der Waals surface area contributed by atoms with Gasteiger partial charge in [-0.2, -0.15) is 0 Å². The Morgan fingerprint density at radius 2 is 1.91 bits per heavy atom. The molecular weight excluding hydrogens is 357 g/mol. The summed E-state index contributed by atoms with van der Waals surface area (Å²) in [5.74, 6) is 1.41. The standard InChI is InChI=1S/C7H6NO2.Ac/c8-5-1-2-6-7(3-5)10-4-9-6;/h1-3,8H,4H2;/q-1;. The van der Waals surface area contributed by atoms with E-state index in [9.17, 15) is 0 Å². The zero-order valence-corrected chi connectivity index (χ0v) is 10.6. The van der Waals surface area contributed by atoms with E-state index in [1.54, 1.807) is 18.2 Å². The van der Waals surface area contributed by atoms with Gasteiger partial charge in [-0.05, 0) is 12.1 Å². The molecule has 0 aliphatic carbocycles. The van der Waals surface area contributed by atoms with Gasteiger partial charge in [0.25, 0.3) is 0 Å². The largest absolute Gasteiger partial charge is 0.699 e. The summed E-state index contributed by atoms with van der Waals surface area (Å²) < 4.78 is 10.1. The molecule has 1 aliphatic heterocycles. The van der Waals surface area contributed by atoms with Crippen molar-refractivity contribution in [3.05, 3.63) is 23.9 Å². The van der Waals surface area contributed by atoms with Crippen LogP contribution in [0.2, 0.25) is 0 Å². The molecular formula is C7H6AcNO2-. The van der Waals surface area contributed by atoms with Gasteiger partial charge in [-0.25, -0.2) is 0 Å². The van der Waals surface area contributed by atoms with Crippen molar-refractivity contribution < 1.29 is 53.5 Å². The third-order valence-electron chi connectivity index (χ3n) is 1.37. The Morgan fingerprint density at radius 1 is 1.18 bits per heavy atom. The Balaban J connectivity index is 0.000000605. The Labute approximate surface area is 100 Å². The third kappa shape index (κ3) is 1.80. The minimum atomic E-state index is 0. The van der Waals surface area contributed by atoms with Gasteiger partial charge in [0.1, 0.15) is 0 Å². The van der Waals surface area contributed by atoms with Crippen LogP contribution >= 0.6 is 0 Å². The molecule has 55 valence electrons. The Bertz CT molecular complexity index is 265. The number of nitrogens with one attached hydrogen (secondary N) is 1. The molecule has 0 aromatic heterocycles. The average molecular weight is 363 g/mol. The maximum absolute atomic E-state index is 7.23. The normalized spacial score (nSPS) is 12.4. The minimum absolute atomic E-state index is 0. The van der Waals surface area contributed by atoms with Gasteiger partial charge in [0.05, 0.1) is 0 Å². The van der Waals surface area contributed by atoms with Crippen LogP contribution in [0.1, 0.15) is 0 Å². The number of rotatable bonds is 0. The zero-order valence-electron chi connectivity index (χ0n) is 5.83. The van der Waals surface area contributed by atoms with Gasteiger partial charge >= 0.3 is 0 Å². The SMILES string of the molecule is [Ac].[NH-]c1ccc2c(c1)OCO2. The van der Waals surface area contributed by atoms with Gasteiger partial charge in [-0.3, -0.25) is 0 Å². The van der Waals surface area contributed by atoms with E-state index in [-0.39, 0.29) is 50.9 Å². The second kappa shape index (κ2) is 3.64. The van der Waals surface area contributed by atoms with Crippen LogP contribution in [0.25, 0.3) is 5.73 Å². The van der Waals surface area contributed by atoms with Crippen LogP contribution in [0.15, 0.2) is 18.2 Å². The maximum Gasteiger partial charge on any atom is 0.231 e. The molecule has 0 bridgehead atoms. The first-order chi connectivity index (χ1) is 4.86. The summed E-state index contributed by atoms with van der Waals surface area (Å²) in [5.41, 5.74) is 7.68. The first-order valence-electron chi connectivity index (χ1n) is 2.97. The molecule has 0 fully saturated rings. The van der Waals surface area contributed by atoms with Crippen molar-refractivity contribution in [3.8, 4) is 11.5 Å². The summed E-state index contributed by atoms with van der Waals surface area (Å²) in [4.78, 5) is 0. The molecule has 0 amide bonds. The first kappa shape index (κ1) is 9.15. The fourth-order valence-electron chi connectivity index (χ4n) is 0.897. The minimum Gasteiger partial charge on any atom is -0.699 e. The summed E-state index contributed by atoms with van der Waals surface area (Å²) in [5, 5.41) is 0. The van der Waals surface area contributed by atoms with Gasteiger partial charge in [0.15, 0.2) is 11.5 Å². The van der Waals surface area contributed by atoms with Crippen molar-refractivity contribution in [1.82, 2.24) is 0 Å². The molecule has 1 heterocycles. The number of ether oxygens (including phenoxy) is 2. The number of benzene rings is 1. The average Bonchev–Trinajstić information content (AvgIpc) is 2.33. The first-order valence-corrected chi connectivity index (χ1v) is 2.97. The smallest absolute Gasteiger partial charge is 0.231 e. The van der Waals surface area contributed by atoms with E-state index in [1.165, 1.54) is 0 Å². The van der Waals surface area contributed by atoms with Crippen molar-refractivity contribution in [2.24, 2.45) is 0 Å². The molecule has 0 spiro atoms. The van der Waals surface area contributed by atoms with Crippen LogP contribution in [0.5, 0.6) is 11.5 Å². The topological polar surface area (TPSA) is 42.3 Å². The Kier molecular flexibility index (Phi) is 3.03. The van der Waals surface area contributed by atoms with E-state index in [1.807, 2.05) is 0 Å². The van der Waals surface area contributed by atoms with Crippen LogP contribution < -0.4 is 9.47 Å². The molecule has 1 radical (unpaired) electrons. The van der Waals surface area contributed by atoms with Gasteiger partial charge in [-0.1, -0.05) is 6.07 Å². The van der Waals surface area contributed by atoms with Crippen LogP contribution in [0, 0.1) is 44.1 Å². The van der Waals surface area contributed by atoms with E-state index >= 15 is 0 Å². The molecule has 1 aromatic carbocycles. The second-order valence-electron chi connectivity index (χ2n) is 2.07. The molecule has 1 aliphatic rings. The van der Waals surface area contributed by atoms with E-state index in [0.29, 0.717) is 11.4 Å². The van der Waals surface area contributed by atoms with Crippen LogP contribution in [0.3, 0.4) is 0 Å². The second-order valence-corrected chi connectivity index (χ2v) is 2.07. The summed E-state index contributed by atoms with van der Waals surface area (Å²) in [6, 6.07) is 5.06. The molecule has 1 aromatic rings.